The minimum absolute atomic E-state index is 0.0616. The third-order valence-corrected chi connectivity index (χ3v) is 4.89. The number of pyridine rings is 1. The molecule has 3 N–H and O–H groups in total. The largest absolute Gasteiger partial charge is 0.368 e. The van der Waals surface area contributed by atoms with Crippen LogP contribution in [0, 0.1) is 11.2 Å². The lowest BCUT2D eigenvalue weighted by atomic mass is 9.80. The van der Waals surface area contributed by atoms with Crippen LogP contribution >= 0.6 is 11.6 Å². The molecule has 2 heterocycles. The molecule has 7 heteroatoms. The molecule has 1 aliphatic rings. The number of aliphatic imine (C=N–C) groups is 1. The van der Waals surface area contributed by atoms with Gasteiger partial charge in [-0.3, -0.25) is 14.8 Å². The number of nitrogens with one attached hydrogen (secondary N) is 1. The lowest BCUT2D eigenvalue weighted by molar-refractivity contribution is -0.120. The van der Waals surface area contributed by atoms with Crippen LogP contribution in [0.1, 0.15) is 17.2 Å². The van der Waals surface area contributed by atoms with Gasteiger partial charge in [0.15, 0.2) is 0 Å². The average Bonchev–Trinajstić information content (AvgIpc) is 2.65. The summed E-state index contributed by atoms with van der Waals surface area (Å²) in [5.41, 5.74) is 6.25. The molecule has 140 valence electrons. The molecule has 5 nitrogen and oxygen atoms in total. The van der Waals surface area contributed by atoms with Gasteiger partial charge in [0, 0.05) is 47.7 Å². The van der Waals surface area contributed by atoms with Crippen molar-refractivity contribution in [1.29, 1.82) is 0 Å². The Kier molecular flexibility index (Phi) is 5.98. The van der Waals surface area contributed by atoms with Crippen LogP contribution in [0.2, 0.25) is 5.02 Å². The Morgan fingerprint density at radius 1 is 1.37 bits per heavy atom. The van der Waals surface area contributed by atoms with Crippen LogP contribution < -0.4 is 11.1 Å². The van der Waals surface area contributed by atoms with Gasteiger partial charge in [-0.1, -0.05) is 29.8 Å². The number of nitrogens with zero attached hydrogens (tertiary/aromatic N) is 2. The van der Waals surface area contributed by atoms with Gasteiger partial charge in [-0.15, -0.1) is 0 Å². The Morgan fingerprint density at radius 3 is 2.85 bits per heavy atom. The van der Waals surface area contributed by atoms with Crippen LogP contribution in [0.4, 0.5) is 4.39 Å². The van der Waals surface area contributed by atoms with Gasteiger partial charge < -0.3 is 11.1 Å². The lowest BCUT2D eigenvalue weighted by Crippen LogP contribution is -2.43. The number of carbonyl (C=O) groups is 1. The summed E-state index contributed by atoms with van der Waals surface area (Å²) in [5, 5.41) is 3.26. The molecule has 3 rings (SSSR count). The maximum atomic E-state index is 14.3. The molecule has 2 aromatic rings. The first-order valence-corrected chi connectivity index (χ1v) is 8.92. The quantitative estimate of drug-likeness (QED) is 0.767. The predicted octanol–water partition coefficient (Wildman–Crippen LogP) is 2.86. The average molecular weight is 387 g/mol. The van der Waals surface area contributed by atoms with Crippen molar-refractivity contribution in [2.24, 2.45) is 16.1 Å². The van der Waals surface area contributed by atoms with Crippen LogP contribution in [0.5, 0.6) is 0 Å². The zero-order chi connectivity index (χ0) is 19.3. The molecule has 1 aromatic carbocycles. The molecule has 0 bridgehead atoms. The number of primary amides is 1. The zero-order valence-electron chi connectivity index (χ0n) is 14.6. The number of nitrogens with two attached hydrogens (primary N) is 1. The van der Waals surface area contributed by atoms with Crippen molar-refractivity contribution >= 4 is 23.7 Å². The second kappa shape index (κ2) is 8.41. The lowest BCUT2D eigenvalue weighted by Gasteiger charge is -2.33. The minimum Gasteiger partial charge on any atom is -0.368 e. The Labute approximate surface area is 162 Å². The zero-order valence-corrected chi connectivity index (χ0v) is 15.4. The number of amides is 1. The molecule has 2 unspecified atom stereocenters. The van der Waals surface area contributed by atoms with Crippen molar-refractivity contribution < 1.29 is 9.18 Å². The normalized spacial score (nSPS) is 19.8. The van der Waals surface area contributed by atoms with Gasteiger partial charge in [-0.05, 0) is 36.3 Å². The summed E-state index contributed by atoms with van der Waals surface area (Å²) in [6.07, 6.45) is 9.83. The summed E-state index contributed by atoms with van der Waals surface area (Å²) in [5.74, 6) is -1.26. The van der Waals surface area contributed by atoms with Gasteiger partial charge in [0.25, 0.3) is 0 Å². The SMILES string of the molecule is NC(=O)C(NCC1(Cc2cccnc2)C=CC=NC1)c1c(F)cccc1Cl. The Balaban J connectivity index is 1.84. The number of halogens is 2. The monoisotopic (exact) mass is 386 g/mol. The molecule has 1 aromatic heterocycles. The summed E-state index contributed by atoms with van der Waals surface area (Å²) in [7, 11) is 0. The number of allylic oxidation sites excluding steroid dienone is 1. The second-order valence-corrected chi connectivity index (χ2v) is 7.01. The highest BCUT2D eigenvalue weighted by molar-refractivity contribution is 6.31. The third-order valence-electron chi connectivity index (χ3n) is 4.56. The maximum absolute atomic E-state index is 14.3. The molecule has 27 heavy (non-hydrogen) atoms. The van der Waals surface area contributed by atoms with E-state index in [-0.39, 0.29) is 16.0 Å². The van der Waals surface area contributed by atoms with Crippen molar-refractivity contribution in [1.82, 2.24) is 10.3 Å². The number of hydrogen-bond acceptors (Lipinski definition) is 4. The van der Waals surface area contributed by atoms with Gasteiger partial charge in [-0.25, -0.2) is 4.39 Å². The highest BCUT2D eigenvalue weighted by atomic mass is 35.5. The second-order valence-electron chi connectivity index (χ2n) is 6.60. The summed E-state index contributed by atoms with van der Waals surface area (Å²) in [4.78, 5) is 20.5. The Bertz CT molecular complexity index is 851. The maximum Gasteiger partial charge on any atom is 0.239 e. The van der Waals surface area contributed by atoms with Gasteiger partial charge in [0.05, 0.1) is 0 Å². The molecule has 1 aliphatic heterocycles. The van der Waals surface area contributed by atoms with E-state index in [1.807, 2.05) is 24.3 Å². The topological polar surface area (TPSA) is 80.4 Å². The van der Waals surface area contributed by atoms with Crippen molar-refractivity contribution in [2.75, 3.05) is 13.1 Å². The van der Waals surface area contributed by atoms with E-state index in [9.17, 15) is 9.18 Å². The molecule has 0 fully saturated rings. The highest BCUT2D eigenvalue weighted by Crippen LogP contribution is 2.30. The summed E-state index contributed by atoms with van der Waals surface area (Å²) < 4.78 is 14.3. The summed E-state index contributed by atoms with van der Waals surface area (Å²) in [6.45, 7) is 0.899. The van der Waals surface area contributed by atoms with E-state index in [0.29, 0.717) is 19.5 Å². The van der Waals surface area contributed by atoms with E-state index < -0.39 is 17.8 Å². The first-order chi connectivity index (χ1) is 13.0. The van der Waals surface area contributed by atoms with E-state index in [2.05, 4.69) is 15.3 Å². The van der Waals surface area contributed by atoms with E-state index in [1.54, 1.807) is 18.6 Å². The van der Waals surface area contributed by atoms with Crippen molar-refractivity contribution in [2.45, 2.75) is 12.5 Å². The van der Waals surface area contributed by atoms with Crippen molar-refractivity contribution in [3.8, 4) is 0 Å². The molecule has 0 radical (unpaired) electrons. The summed E-state index contributed by atoms with van der Waals surface area (Å²) >= 11 is 6.12. The van der Waals surface area contributed by atoms with Crippen LogP contribution in [-0.2, 0) is 11.2 Å². The Morgan fingerprint density at radius 2 is 2.22 bits per heavy atom. The standard InChI is InChI=1S/C20H20ClFN4O/c21-15-5-1-6-16(22)17(15)18(19(23)27)26-13-20(7-3-9-25-12-20)10-14-4-2-8-24-11-14/h1-9,11,18,26H,10,12-13H2,(H2,23,27). The van der Waals surface area contributed by atoms with E-state index >= 15 is 0 Å². The van der Waals surface area contributed by atoms with Crippen LogP contribution in [0.15, 0.2) is 59.9 Å². The molecule has 0 spiro atoms. The van der Waals surface area contributed by atoms with Gasteiger partial charge in [0.2, 0.25) is 5.91 Å². The van der Waals surface area contributed by atoms with E-state index in [0.717, 1.165) is 5.56 Å². The third kappa shape index (κ3) is 4.59. The fourth-order valence-corrected chi connectivity index (χ4v) is 3.51. The van der Waals surface area contributed by atoms with Gasteiger partial charge >= 0.3 is 0 Å². The van der Waals surface area contributed by atoms with Gasteiger partial charge in [0.1, 0.15) is 11.9 Å². The number of dihydropyridines is 1. The Hall–Kier alpha value is -2.57. The number of hydrogen-bond donors (Lipinski definition) is 2. The number of benzene rings is 1. The molecular formula is C20H20ClFN4O. The van der Waals surface area contributed by atoms with E-state index in [1.165, 1.54) is 18.2 Å². The number of aromatic nitrogens is 1. The molecule has 0 aliphatic carbocycles. The fraction of sp³-hybridized carbons (Fsp3) is 0.250. The molecule has 0 saturated heterocycles. The molecule has 0 saturated carbocycles. The van der Waals surface area contributed by atoms with Crippen molar-refractivity contribution in [3.05, 3.63) is 76.8 Å². The molecule has 2 atom stereocenters. The predicted molar refractivity (Wildman–Crippen MR) is 104 cm³/mol. The molecule has 1 amide bonds. The first-order valence-electron chi connectivity index (χ1n) is 8.54. The first kappa shape index (κ1) is 19.2. The minimum atomic E-state index is -1.04. The number of rotatable bonds is 7. The van der Waals surface area contributed by atoms with Gasteiger partial charge in [-0.2, -0.15) is 0 Å². The van der Waals surface area contributed by atoms with E-state index in [4.69, 9.17) is 17.3 Å². The number of carbonyl (C=O) groups excluding carboxylic acids is 1. The van der Waals surface area contributed by atoms with Crippen LogP contribution in [0.3, 0.4) is 0 Å². The van der Waals surface area contributed by atoms with Crippen molar-refractivity contribution in [3.63, 3.8) is 0 Å². The van der Waals surface area contributed by atoms with Crippen LogP contribution in [-0.4, -0.2) is 30.2 Å². The summed E-state index contributed by atoms with van der Waals surface area (Å²) in [6, 6.07) is 7.10. The fourth-order valence-electron chi connectivity index (χ4n) is 3.23. The highest BCUT2D eigenvalue weighted by Gasteiger charge is 2.32. The smallest absolute Gasteiger partial charge is 0.239 e. The molecular weight excluding hydrogens is 367 g/mol. The van der Waals surface area contributed by atoms with Crippen LogP contribution in [0.25, 0.3) is 0 Å².